The van der Waals surface area contributed by atoms with Crippen molar-refractivity contribution in [2.24, 2.45) is 0 Å². The lowest BCUT2D eigenvalue weighted by molar-refractivity contribution is 0.112. The van der Waals surface area contributed by atoms with Crippen LogP contribution in [0.5, 0.6) is 5.75 Å². The third-order valence-corrected chi connectivity index (χ3v) is 2.62. The third-order valence-electron chi connectivity index (χ3n) is 2.26. The number of benzene rings is 1. The summed E-state index contributed by atoms with van der Waals surface area (Å²) in [4.78, 5) is 10.8. The maximum absolute atomic E-state index is 10.8. The van der Waals surface area contributed by atoms with E-state index < -0.39 is 0 Å². The van der Waals surface area contributed by atoms with Crippen LogP contribution in [0, 0.1) is 6.92 Å². The van der Waals surface area contributed by atoms with Crippen LogP contribution in [-0.2, 0) is 0 Å². The summed E-state index contributed by atoms with van der Waals surface area (Å²) in [6.45, 7) is 1.71. The number of rotatable bonds is 2. The number of aromatic hydroxyl groups is 1. The average molecular weight is 237 g/mol. The number of nitrogens with zero attached hydrogens (tertiary/aromatic N) is 2. The van der Waals surface area contributed by atoms with Gasteiger partial charge in [-0.3, -0.25) is 4.79 Å². The van der Waals surface area contributed by atoms with E-state index in [1.807, 2.05) is 0 Å². The Morgan fingerprint density at radius 3 is 2.50 bits per heavy atom. The number of carbonyl (C=O) groups is 1. The average Bonchev–Trinajstić information content (AvgIpc) is 2.55. The zero-order valence-electron chi connectivity index (χ0n) is 8.51. The van der Waals surface area contributed by atoms with Gasteiger partial charge in [-0.1, -0.05) is 11.6 Å². The van der Waals surface area contributed by atoms with Crippen LogP contribution in [0.2, 0.25) is 5.15 Å². The van der Waals surface area contributed by atoms with Crippen LogP contribution in [0.4, 0.5) is 0 Å². The quantitative estimate of drug-likeness (QED) is 0.815. The maximum atomic E-state index is 10.8. The number of carbonyl (C=O) groups excluding carboxylic acids is 1. The first-order valence-corrected chi connectivity index (χ1v) is 5.01. The van der Waals surface area contributed by atoms with Gasteiger partial charge < -0.3 is 5.11 Å². The fourth-order valence-corrected chi connectivity index (χ4v) is 1.73. The monoisotopic (exact) mass is 236 g/mol. The van der Waals surface area contributed by atoms with E-state index in [0.29, 0.717) is 23.2 Å². The van der Waals surface area contributed by atoms with Crippen LogP contribution in [0.3, 0.4) is 0 Å². The number of aromatic nitrogens is 2. The molecule has 0 saturated heterocycles. The summed E-state index contributed by atoms with van der Waals surface area (Å²) in [6, 6.07) is 6.40. The van der Waals surface area contributed by atoms with E-state index in [1.165, 1.54) is 16.8 Å². The fraction of sp³-hybridized carbons (Fsp3) is 0.0909. The molecule has 1 aromatic carbocycles. The molecule has 4 nitrogen and oxygen atoms in total. The van der Waals surface area contributed by atoms with Crippen molar-refractivity contribution in [3.05, 3.63) is 40.7 Å². The molecule has 0 spiro atoms. The van der Waals surface area contributed by atoms with Crippen molar-refractivity contribution in [1.82, 2.24) is 9.78 Å². The second-order valence-corrected chi connectivity index (χ2v) is 3.69. The van der Waals surface area contributed by atoms with Gasteiger partial charge >= 0.3 is 0 Å². The summed E-state index contributed by atoms with van der Waals surface area (Å²) in [7, 11) is 0. The smallest absolute Gasteiger partial charge is 0.155 e. The molecule has 5 heteroatoms. The van der Waals surface area contributed by atoms with Gasteiger partial charge in [0.15, 0.2) is 6.29 Å². The maximum Gasteiger partial charge on any atom is 0.155 e. The summed E-state index contributed by atoms with van der Waals surface area (Å²) < 4.78 is 1.46. The standard InChI is InChI=1S/C11H9ClN2O2/c1-7-10(6-15)11(12)14(13-7)8-2-4-9(16)5-3-8/h2-6,16H,1H3. The van der Waals surface area contributed by atoms with Gasteiger partial charge in [0, 0.05) is 0 Å². The highest BCUT2D eigenvalue weighted by atomic mass is 35.5. The van der Waals surface area contributed by atoms with Crippen molar-refractivity contribution >= 4 is 17.9 Å². The van der Waals surface area contributed by atoms with E-state index in [9.17, 15) is 4.79 Å². The van der Waals surface area contributed by atoms with Gasteiger partial charge in [-0.15, -0.1) is 0 Å². The molecule has 2 aromatic rings. The van der Waals surface area contributed by atoms with E-state index in [1.54, 1.807) is 19.1 Å². The zero-order chi connectivity index (χ0) is 11.7. The Hall–Kier alpha value is -1.81. The largest absolute Gasteiger partial charge is 0.508 e. The molecule has 0 amide bonds. The first-order chi connectivity index (χ1) is 7.63. The van der Waals surface area contributed by atoms with Crippen LogP contribution in [0.25, 0.3) is 5.69 Å². The summed E-state index contributed by atoms with van der Waals surface area (Å²) in [5.41, 5.74) is 1.65. The van der Waals surface area contributed by atoms with Gasteiger partial charge in [-0.05, 0) is 31.2 Å². The van der Waals surface area contributed by atoms with Crippen LogP contribution in [0.1, 0.15) is 16.1 Å². The van der Waals surface area contributed by atoms with Crippen molar-refractivity contribution in [2.45, 2.75) is 6.92 Å². The Bertz CT molecular complexity index is 532. The highest BCUT2D eigenvalue weighted by Crippen LogP contribution is 2.22. The molecule has 0 unspecified atom stereocenters. The number of aldehydes is 1. The molecule has 1 N–H and O–H groups in total. The molecule has 0 bridgehead atoms. The lowest BCUT2D eigenvalue weighted by Crippen LogP contribution is -1.96. The number of halogens is 1. The van der Waals surface area contributed by atoms with Gasteiger partial charge in [0.05, 0.1) is 16.9 Å². The summed E-state index contributed by atoms with van der Waals surface area (Å²) in [6.07, 6.45) is 0.682. The van der Waals surface area contributed by atoms with Crippen molar-refractivity contribution in [2.75, 3.05) is 0 Å². The lowest BCUT2D eigenvalue weighted by atomic mass is 10.3. The highest BCUT2D eigenvalue weighted by molar-refractivity contribution is 6.32. The molecule has 0 atom stereocenters. The van der Waals surface area contributed by atoms with E-state index in [4.69, 9.17) is 16.7 Å². The Morgan fingerprint density at radius 1 is 1.38 bits per heavy atom. The molecule has 2 rings (SSSR count). The van der Waals surface area contributed by atoms with Crippen LogP contribution < -0.4 is 0 Å². The SMILES string of the molecule is Cc1nn(-c2ccc(O)cc2)c(Cl)c1C=O. The highest BCUT2D eigenvalue weighted by Gasteiger charge is 2.13. The summed E-state index contributed by atoms with van der Waals surface area (Å²) >= 11 is 6.01. The third kappa shape index (κ3) is 1.67. The summed E-state index contributed by atoms with van der Waals surface area (Å²) in [5, 5.41) is 13.6. The van der Waals surface area contributed by atoms with E-state index >= 15 is 0 Å². The topological polar surface area (TPSA) is 55.1 Å². The zero-order valence-corrected chi connectivity index (χ0v) is 9.27. The normalized spacial score (nSPS) is 10.4. The second kappa shape index (κ2) is 3.98. The predicted octanol–water partition coefficient (Wildman–Crippen LogP) is 2.35. The van der Waals surface area contributed by atoms with Gasteiger partial charge in [0.25, 0.3) is 0 Å². The Balaban J connectivity index is 2.56. The van der Waals surface area contributed by atoms with Crippen molar-refractivity contribution in [3.63, 3.8) is 0 Å². The molecule has 16 heavy (non-hydrogen) atoms. The van der Waals surface area contributed by atoms with Crippen LogP contribution in [-0.4, -0.2) is 21.2 Å². The van der Waals surface area contributed by atoms with Crippen molar-refractivity contribution < 1.29 is 9.90 Å². The van der Waals surface area contributed by atoms with E-state index in [-0.39, 0.29) is 10.9 Å². The Morgan fingerprint density at radius 2 is 2.00 bits per heavy atom. The molecule has 0 aliphatic heterocycles. The van der Waals surface area contributed by atoms with Gasteiger partial charge in [0.2, 0.25) is 0 Å². The molecule has 0 fully saturated rings. The lowest BCUT2D eigenvalue weighted by Gasteiger charge is -2.02. The molecule has 0 aliphatic carbocycles. The predicted molar refractivity (Wildman–Crippen MR) is 60.4 cm³/mol. The molecular formula is C11H9ClN2O2. The molecule has 1 aromatic heterocycles. The second-order valence-electron chi connectivity index (χ2n) is 3.34. The molecule has 0 aliphatic rings. The molecular weight excluding hydrogens is 228 g/mol. The minimum absolute atomic E-state index is 0.166. The molecule has 0 saturated carbocycles. The van der Waals surface area contributed by atoms with Crippen molar-refractivity contribution in [1.29, 1.82) is 0 Å². The fourth-order valence-electron chi connectivity index (χ4n) is 1.41. The van der Waals surface area contributed by atoms with Gasteiger partial charge in [-0.2, -0.15) is 5.10 Å². The number of phenols is 1. The minimum atomic E-state index is 0.166. The Kier molecular flexibility index (Phi) is 2.66. The first-order valence-electron chi connectivity index (χ1n) is 4.63. The van der Waals surface area contributed by atoms with Crippen LogP contribution >= 0.6 is 11.6 Å². The van der Waals surface area contributed by atoms with E-state index in [0.717, 1.165) is 0 Å². The number of hydrogen-bond donors (Lipinski definition) is 1. The molecule has 1 heterocycles. The van der Waals surface area contributed by atoms with Gasteiger partial charge in [-0.25, -0.2) is 4.68 Å². The summed E-state index contributed by atoms with van der Waals surface area (Å²) in [5.74, 6) is 0.166. The van der Waals surface area contributed by atoms with E-state index in [2.05, 4.69) is 5.10 Å². The first kappa shape index (κ1) is 10.7. The molecule has 0 radical (unpaired) electrons. The minimum Gasteiger partial charge on any atom is -0.508 e. The Labute approximate surface area is 97.1 Å². The number of aryl methyl sites for hydroxylation is 1. The van der Waals surface area contributed by atoms with Crippen LogP contribution in [0.15, 0.2) is 24.3 Å². The number of phenolic OH excluding ortho intramolecular Hbond substituents is 1. The number of hydrogen-bond acceptors (Lipinski definition) is 3. The molecule has 82 valence electrons. The van der Waals surface area contributed by atoms with Crippen molar-refractivity contribution in [3.8, 4) is 11.4 Å². The van der Waals surface area contributed by atoms with Gasteiger partial charge in [0.1, 0.15) is 10.9 Å².